The second-order valence-corrected chi connectivity index (χ2v) is 9.12. The van der Waals surface area contributed by atoms with Crippen LogP contribution in [-0.4, -0.2) is 12.6 Å². The lowest BCUT2D eigenvalue weighted by molar-refractivity contribution is -0.274. The van der Waals surface area contributed by atoms with Crippen LogP contribution in [0.25, 0.3) is 0 Å². The topological polar surface area (TPSA) is 21.6 Å². The first-order valence-electron chi connectivity index (χ1n) is 10.4. The maximum atomic E-state index is 12.2. The molecule has 4 aliphatic rings. The van der Waals surface area contributed by atoms with Crippen molar-refractivity contribution in [2.24, 2.45) is 22.7 Å². The Bertz CT molecular complexity index is 864. The first kappa shape index (κ1) is 18.7. The summed E-state index contributed by atoms with van der Waals surface area (Å²) in [5.41, 5.74) is 3.42. The van der Waals surface area contributed by atoms with Crippen molar-refractivity contribution in [3.05, 3.63) is 59.7 Å². The van der Waals surface area contributed by atoms with Crippen LogP contribution >= 0.6 is 0 Å². The van der Waals surface area contributed by atoms with Gasteiger partial charge < -0.3 is 4.74 Å². The van der Waals surface area contributed by atoms with E-state index in [9.17, 15) is 13.2 Å². The van der Waals surface area contributed by atoms with Crippen molar-refractivity contribution in [1.29, 1.82) is 0 Å². The Balaban J connectivity index is 1.27. The molecular formula is C24H24F3NO. The molecule has 6 rings (SSSR count). The van der Waals surface area contributed by atoms with Gasteiger partial charge in [-0.1, -0.05) is 12.1 Å². The molecule has 5 heteroatoms. The number of alkyl halides is 3. The monoisotopic (exact) mass is 399 g/mol. The number of rotatable bonds is 4. The Kier molecular flexibility index (Phi) is 4.45. The summed E-state index contributed by atoms with van der Waals surface area (Å²) in [5, 5.41) is 0. The molecule has 0 spiro atoms. The zero-order valence-corrected chi connectivity index (χ0v) is 16.2. The van der Waals surface area contributed by atoms with E-state index in [4.69, 9.17) is 0 Å². The van der Waals surface area contributed by atoms with Gasteiger partial charge in [-0.05, 0) is 109 Å². The molecule has 2 aromatic carbocycles. The smallest absolute Gasteiger partial charge is 0.406 e. The highest BCUT2D eigenvalue weighted by Crippen LogP contribution is 2.60. The predicted molar refractivity (Wildman–Crippen MR) is 107 cm³/mol. The van der Waals surface area contributed by atoms with Gasteiger partial charge in [0.1, 0.15) is 5.75 Å². The van der Waals surface area contributed by atoms with Crippen LogP contribution in [0, 0.1) is 17.8 Å². The van der Waals surface area contributed by atoms with E-state index in [-0.39, 0.29) is 5.75 Å². The molecule has 0 heterocycles. The summed E-state index contributed by atoms with van der Waals surface area (Å²) in [6.45, 7) is 0. The number of hydrogen-bond acceptors (Lipinski definition) is 2. The largest absolute Gasteiger partial charge is 0.573 e. The molecule has 0 N–H and O–H groups in total. The Morgan fingerprint density at radius 3 is 1.90 bits per heavy atom. The van der Waals surface area contributed by atoms with Gasteiger partial charge in [-0.3, -0.25) is 4.99 Å². The third kappa shape index (κ3) is 3.92. The first-order valence-corrected chi connectivity index (χ1v) is 10.4. The van der Waals surface area contributed by atoms with E-state index in [0.29, 0.717) is 5.41 Å². The van der Waals surface area contributed by atoms with Crippen molar-refractivity contribution >= 4 is 11.9 Å². The quantitative estimate of drug-likeness (QED) is 0.518. The van der Waals surface area contributed by atoms with E-state index in [1.165, 1.54) is 56.2 Å². The van der Waals surface area contributed by atoms with Gasteiger partial charge in [0.05, 0.1) is 5.69 Å². The summed E-state index contributed by atoms with van der Waals surface area (Å²) in [7, 11) is 0. The van der Waals surface area contributed by atoms with Gasteiger partial charge in [-0.15, -0.1) is 13.2 Å². The summed E-state index contributed by atoms with van der Waals surface area (Å²) >= 11 is 0. The van der Waals surface area contributed by atoms with Crippen LogP contribution in [0.2, 0.25) is 0 Å². The van der Waals surface area contributed by atoms with Crippen LogP contribution in [-0.2, 0) is 5.41 Å². The minimum absolute atomic E-state index is 0.227. The van der Waals surface area contributed by atoms with Gasteiger partial charge >= 0.3 is 6.36 Å². The Morgan fingerprint density at radius 1 is 0.828 bits per heavy atom. The highest BCUT2D eigenvalue weighted by Gasteiger charge is 2.51. The van der Waals surface area contributed by atoms with Gasteiger partial charge in [0.2, 0.25) is 0 Å². The minimum Gasteiger partial charge on any atom is -0.406 e. The SMILES string of the molecule is FC(F)(F)Oc1ccc(C=Nc2ccc(C34CC5CC(CC(C5)C3)C4)cc2)cc1. The molecule has 4 aliphatic carbocycles. The minimum atomic E-state index is -4.67. The highest BCUT2D eigenvalue weighted by atomic mass is 19.4. The van der Waals surface area contributed by atoms with Crippen molar-refractivity contribution < 1.29 is 17.9 Å². The van der Waals surface area contributed by atoms with E-state index >= 15 is 0 Å². The van der Waals surface area contributed by atoms with Crippen molar-refractivity contribution in [2.75, 3.05) is 0 Å². The molecule has 0 atom stereocenters. The standard InChI is InChI=1S/C24H24F3NO/c25-24(26,27)29-22-7-1-16(2-8-22)15-28-21-5-3-20(4-6-21)23-12-17-9-18(13-23)11-19(10-17)14-23/h1-8,15,17-19H,9-14H2. The third-order valence-corrected chi connectivity index (χ3v) is 6.99. The van der Waals surface area contributed by atoms with Crippen molar-refractivity contribution in [2.45, 2.75) is 50.3 Å². The van der Waals surface area contributed by atoms with Crippen LogP contribution in [0.5, 0.6) is 5.75 Å². The predicted octanol–water partition coefficient (Wildman–Crippen LogP) is 6.80. The maximum Gasteiger partial charge on any atom is 0.573 e. The van der Waals surface area contributed by atoms with Crippen molar-refractivity contribution in [3.63, 3.8) is 0 Å². The number of benzene rings is 2. The lowest BCUT2D eigenvalue weighted by Crippen LogP contribution is -2.48. The Hall–Kier alpha value is -2.30. The summed E-state index contributed by atoms with van der Waals surface area (Å²) < 4.78 is 40.6. The van der Waals surface area contributed by atoms with E-state index in [1.54, 1.807) is 18.3 Å². The fourth-order valence-corrected chi connectivity index (χ4v) is 6.27. The second kappa shape index (κ2) is 6.89. The zero-order valence-electron chi connectivity index (χ0n) is 16.2. The van der Waals surface area contributed by atoms with Crippen LogP contribution in [0.3, 0.4) is 0 Å². The lowest BCUT2D eigenvalue weighted by Gasteiger charge is -2.57. The highest BCUT2D eigenvalue weighted by molar-refractivity contribution is 5.82. The number of halogens is 3. The van der Waals surface area contributed by atoms with Gasteiger partial charge in [0.25, 0.3) is 0 Å². The number of ether oxygens (including phenoxy) is 1. The molecule has 4 bridgehead atoms. The molecule has 29 heavy (non-hydrogen) atoms. The molecular weight excluding hydrogens is 375 g/mol. The average Bonchev–Trinajstić information content (AvgIpc) is 2.66. The maximum absolute atomic E-state index is 12.2. The summed E-state index contributed by atoms with van der Waals surface area (Å²) in [5.74, 6) is 2.53. The normalized spacial score (nSPS) is 30.8. The van der Waals surface area contributed by atoms with Gasteiger partial charge in [0.15, 0.2) is 0 Å². The molecule has 0 amide bonds. The first-order chi connectivity index (χ1) is 13.9. The van der Waals surface area contributed by atoms with Crippen LogP contribution in [0.4, 0.5) is 18.9 Å². The molecule has 0 aromatic heterocycles. The average molecular weight is 399 g/mol. The lowest BCUT2D eigenvalue weighted by atomic mass is 9.48. The van der Waals surface area contributed by atoms with Gasteiger partial charge in [-0.25, -0.2) is 0 Å². The fourth-order valence-electron chi connectivity index (χ4n) is 6.27. The van der Waals surface area contributed by atoms with Crippen LogP contribution < -0.4 is 4.74 Å². The summed E-state index contributed by atoms with van der Waals surface area (Å²) in [6, 6.07) is 14.3. The molecule has 2 aromatic rings. The Morgan fingerprint density at radius 2 is 1.38 bits per heavy atom. The van der Waals surface area contributed by atoms with Crippen molar-refractivity contribution in [3.8, 4) is 5.75 Å². The number of nitrogens with zero attached hydrogens (tertiary/aromatic N) is 1. The van der Waals surface area contributed by atoms with E-state index in [1.807, 2.05) is 0 Å². The van der Waals surface area contributed by atoms with Gasteiger partial charge in [-0.2, -0.15) is 0 Å². The molecule has 152 valence electrons. The van der Waals surface area contributed by atoms with E-state index < -0.39 is 6.36 Å². The van der Waals surface area contributed by atoms with E-state index in [2.05, 4.69) is 34.0 Å². The fraction of sp³-hybridized carbons (Fsp3) is 0.458. The zero-order chi connectivity index (χ0) is 20.1. The molecule has 0 radical (unpaired) electrons. The van der Waals surface area contributed by atoms with Gasteiger partial charge in [0, 0.05) is 6.21 Å². The molecule has 0 saturated heterocycles. The van der Waals surface area contributed by atoms with Crippen molar-refractivity contribution in [1.82, 2.24) is 0 Å². The van der Waals surface area contributed by atoms with Crippen LogP contribution in [0.1, 0.15) is 49.7 Å². The Labute approximate surface area is 168 Å². The number of hydrogen-bond donors (Lipinski definition) is 0. The molecule has 0 unspecified atom stereocenters. The second-order valence-electron chi connectivity index (χ2n) is 9.12. The van der Waals surface area contributed by atoms with Crippen LogP contribution in [0.15, 0.2) is 53.5 Å². The molecule has 4 saturated carbocycles. The molecule has 4 fully saturated rings. The molecule has 0 aliphatic heterocycles. The summed E-state index contributed by atoms with van der Waals surface area (Å²) in [6.07, 6.45) is 5.33. The third-order valence-electron chi connectivity index (χ3n) is 6.99. The molecule has 2 nitrogen and oxygen atoms in total. The summed E-state index contributed by atoms with van der Waals surface area (Å²) in [4.78, 5) is 4.48. The number of aliphatic imine (C=N–C) groups is 1. The van der Waals surface area contributed by atoms with E-state index in [0.717, 1.165) is 29.0 Å².